The maximum atomic E-state index is 12.0. The summed E-state index contributed by atoms with van der Waals surface area (Å²) in [5.74, 6) is 0.874. The fraction of sp³-hybridized carbons (Fsp3) is 0.0870. The molecule has 0 saturated carbocycles. The van der Waals surface area contributed by atoms with Crippen LogP contribution in [-0.4, -0.2) is 32.3 Å². The molecule has 0 radical (unpaired) electrons. The molecule has 3 aromatic carbocycles. The van der Waals surface area contributed by atoms with Crippen LogP contribution >= 0.6 is 0 Å². The van der Waals surface area contributed by atoms with Gasteiger partial charge in [0.1, 0.15) is 18.9 Å². The monoisotopic (exact) mass is 412 g/mol. The van der Waals surface area contributed by atoms with Gasteiger partial charge in [-0.1, -0.05) is 60.7 Å². The first-order valence-corrected chi connectivity index (χ1v) is 9.68. The lowest BCUT2D eigenvalue weighted by Gasteiger charge is -2.06. The average molecular weight is 412 g/mol. The number of tetrazole rings is 1. The lowest BCUT2D eigenvalue weighted by atomic mass is 10.2. The molecular formula is C23H20N6O2. The third-order valence-electron chi connectivity index (χ3n) is 4.30. The highest BCUT2D eigenvalue weighted by Crippen LogP contribution is 2.14. The minimum Gasteiger partial charge on any atom is -0.489 e. The van der Waals surface area contributed by atoms with E-state index in [2.05, 4.69) is 25.9 Å². The van der Waals surface area contributed by atoms with Gasteiger partial charge in [-0.25, -0.2) is 5.43 Å². The van der Waals surface area contributed by atoms with E-state index in [0.717, 1.165) is 22.4 Å². The van der Waals surface area contributed by atoms with Crippen LogP contribution in [0, 0.1) is 0 Å². The third-order valence-corrected chi connectivity index (χ3v) is 4.30. The number of carbonyl (C=O) groups is 1. The Morgan fingerprint density at radius 1 is 0.968 bits per heavy atom. The van der Waals surface area contributed by atoms with Crippen LogP contribution in [-0.2, 0) is 17.9 Å². The quantitative estimate of drug-likeness (QED) is 0.355. The van der Waals surface area contributed by atoms with Crippen LogP contribution in [0.2, 0.25) is 0 Å². The Bertz CT molecular complexity index is 1140. The van der Waals surface area contributed by atoms with Crippen molar-refractivity contribution in [3.63, 3.8) is 0 Å². The van der Waals surface area contributed by atoms with E-state index in [-0.39, 0.29) is 12.5 Å². The van der Waals surface area contributed by atoms with E-state index < -0.39 is 0 Å². The fourth-order valence-electron chi connectivity index (χ4n) is 2.75. The van der Waals surface area contributed by atoms with Crippen LogP contribution in [0.4, 0.5) is 0 Å². The Balaban J connectivity index is 1.25. The molecule has 0 aliphatic carbocycles. The van der Waals surface area contributed by atoms with Gasteiger partial charge in [0.2, 0.25) is 5.82 Å². The van der Waals surface area contributed by atoms with E-state index in [1.165, 1.54) is 4.80 Å². The van der Waals surface area contributed by atoms with Crippen molar-refractivity contribution in [2.45, 2.75) is 13.2 Å². The van der Waals surface area contributed by atoms with Gasteiger partial charge in [0.15, 0.2) is 0 Å². The third kappa shape index (κ3) is 5.83. The van der Waals surface area contributed by atoms with E-state index in [1.807, 2.05) is 84.9 Å². The summed E-state index contributed by atoms with van der Waals surface area (Å²) in [5, 5.41) is 16.0. The Labute approximate surface area is 179 Å². The lowest BCUT2D eigenvalue weighted by Crippen LogP contribution is -2.24. The van der Waals surface area contributed by atoms with Gasteiger partial charge in [-0.2, -0.15) is 9.90 Å². The second kappa shape index (κ2) is 9.93. The zero-order valence-corrected chi connectivity index (χ0v) is 16.6. The second-order valence-corrected chi connectivity index (χ2v) is 6.65. The van der Waals surface area contributed by atoms with Crippen molar-refractivity contribution in [3.8, 4) is 17.1 Å². The smallest absolute Gasteiger partial charge is 0.263 e. The van der Waals surface area contributed by atoms with Gasteiger partial charge in [0.25, 0.3) is 5.91 Å². The normalized spacial score (nSPS) is 10.8. The first kappa shape index (κ1) is 20.0. The maximum Gasteiger partial charge on any atom is 0.263 e. The van der Waals surface area contributed by atoms with Crippen molar-refractivity contribution < 1.29 is 9.53 Å². The lowest BCUT2D eigenvalue weighted by molar-refractivity contribution is -0.122. The Morgan fingerprint density at radius 2 is 1.68 bits per heavy atom. The summed E-state index contributed by atoms with van der Waals surface area (Å²) in [7, 11) is 0. The number of amides is 1. The summed E-state index contributed by atoms with van der Waals surface area (Å²) in [5.41, 5.74) is 5.23. The molecule has 0 aliphatic heterocycles. The number of rotatable bonds is 8. The van der Waals surface area contributed by atoms with Crippen molar-refractivity contribution in [3.05, 3.63) is 96.1 Å². The molecule has 0 fully saturated rings. The van der Waals surface area contributed by atoms with E-state index in [1.54, 1.807) is 6.21 Å². The van der Waals surface area contributed by atoms with Gasteiger partial charge in [0.05, 0.1) is 6.21 Å². The number of nitrogens with zero attached hydrogens (tertiary/aromatic N) is 5. The van der Waals surface area contributed by atoms with Crippen LogP contribution < -0.4 is 10.2 Å². The molecule has 1 amide bonds. The topological polar surface area (TPSA) is 94.3 Å². The predicted molar refractivity (Wildman–Crippen MR) is 116 cm³/mol. The minimum atomic E-state index is -0.351. The first-order chi connectivity index (χ1) is 15.3. The highest BCUT2D eigenvalue weighted by Gasteiger charge is 2.08. The van der Waals surface area contributed by atoms with Crippen molar-refractivity contribution >= 4 is 12.1 Å². The number of hydrogen-bond acceptors (Lipinski definition) is 6. The van der Waals surface area contributed by atoms with Crippen LogP contribution in [0.5, 0.6) is 5.75 Å². The van der Waals surface area contributed by atoms with Crippen LogP contribution in [0.3, 0.4) is 0 Å². The van der Waals surface area contributed by atoms with Gasteiger partial charge < -0.3 is 4.74 Å². The number of carbonyl (C=O) groups excluding carboxylic acids is 1. The van der Waals surface area contributed by atoms with Crippen molar-refractivity contribution in [1.29, 1.82) is 0 Å². The molecule has 1 N–H and O–H groups in total. The summed E-state index contributed by atoms with van der Waals surface area (Å²) in [6.45, 7) is 0.427. The van der Waals surface area contributed by atoms with Crippen molar-refractivity contribution in [2.24, 2.45) is 5.10 Å². The summed E-state index contributed by atoms with van der Waals surface area (Å²) in [6, 6.07) is 26.8. The summed E-state index contributed by atoms with van der Waals surface area (Å²) < 4.78 is 5.75. The largest absolute Gasteiger partial charge is 0.489 e. The number of benzene rings is 3. The van der Waals surface area contributed by atoms with Crippen LogP contribution in [0.15, 0.2) is 90.0 Å². The zero-order valence-electron chi connectivity index (χ0n) is 16.6. The van der Waals surface area contributed by atoms with E-state index in [0.29, 0.717) is 12.4 Å². The molecule has 8 nitrogen and oxygen atoms in total. The second-order valence-electron chi connectivity index (χ2n) is 6.65. The predicted octanol–water partition coefficient (Wildman–Crippen LogP) is 3.07. The molecule has 0 aliphatic rings. The van der Waals surface area contributed by atoms with Crippen molar-refractivity contribution in [1.82, 2.24) is 25.6 Å². The molecular weight excluding hydrogens is 392 g/mol. The summed E-state index contributed by atoms with van der Waals surface area (Å²) in [6.07, 6.45) is 1.56. The average Bonchev–Trinajstić information content (AvgIpc) is 3.28. The SMILES string of the molecule is O=C(Cn1nnc(-c2ccccc2)n1)NN=Cc1ccc(OCc2ccccc2)cc1. The molecule has 4 rings (SSSR count). The van der Waals surface area contributed by atoms with Gasteiger partial charge in [-0.15, -0.1) is 10.2 Å². The van der Waals surface area contributed by atoms with Crippen LogP contribution in [0.1, 0.15) is 11.1 Å². The number of hydrogen-bond donors (Lipinski definition) is 1. The van der Waals surface area contributed by atoms with E-state index in [4.69, 9.17) is 4.74 Å². The van der Waals surface area contributed by atoms with Crippen molar-refractivity contribution in [2.75, 3.05) is 0 Å². The van der Waals surface area contributed by atoms with Gasteiger partial charge in [-0.3, -0.25) is 4.79 Å². The minimum absolute atomic E-state index is 0.0799. The molecule has 4 aromatic rings. The Kier molecular flexibility index (Phi) is 6.39. The molecule has 0 spiro atoms. The molecule has 31 heavy (non-hydrogen) atoms. The van der Waals surface area contributed by atoms with Crippen LogP contribution in [0.25, 0.3) is 11.4 Å². The molecule has 0 unspecified atom stereocenters. The maximum absolute atomic E-state index is 12.0. The highest BCUT2D eigenvalue weighted by atomic mass is 16.5. The zero-order chi connectivity index (χ0) is 21.3. The molecule has 0 saturated heterocycles. The van der Waals surface area contributed by atoms with E-state index in [9.17, 15) is 4.79 Å². The van der Waals surface area contributed by atoms with Gasteiger partial charge in [0, 0.05) is 5.56 Å². The molecule has 8 heteroatoms. The molecule has 154 valence electrons. The van der Waals surface area contributed by atoms with Gasteiger partial charge >= 0.3 is 0 Å². The summed E-state index contributed by atoms with van der Waals surface area (Å²) in [4.78, 5) is 13.3. The number of hydrazone groups is 1. The highest BCUT2D eigenvalue weighted by molar-refractivity contribution is 5.82. The first-order valence-electron chi connectivity index (χ1n) is 9.68. The van der Waals surface area contributed by atoms with Gasteiger partial charge in [-0.05, 0) is 40.6 Å². The molecule has 0 atom stereocenters. The Morgan fingerprint density at radius 3 is 2.42 bits per heavy atom. The molecule has 1 heterocycles. The Hall–Kier alpha value is -4.33. The standard InChI is InChI=1S/C23H20N6O2/c30-22(16-29-27-23(26-28-29)20-9-5-2-6-10-20)25-24-15-18-11-13-21(14-12-18)31-17-19-7-3-1-4-8-19/h1-15H,16-17H2,(H,25,30). The summed E-state index contributed by atoms with van der Waals surface area (Å²) >= 11 is 0. The fourth-order valence-corrected chi connectivity index (χ4v) is 2.75. The number of nitrogens with one attached hydrogen (secondary N) is 1. The number of aromatic nitrogens is 4. The molecule has 1 aromatic heterocycles. The number of ether oxygens (including phenoxy) is 1. The molecule has 0 bridgehead atoms. The van der Waals surface area contributed by atoms with E-state index >= 15 is 0 Å².